The zero-order chi connectivity index (χ0) is 13.8. The average Bonchev–Trinajstić information content (AvgIpc) is 2.42. The number of hydrogen-bond donors (Lipinski definition) is 1. The van der Waals surface area contributed by atoms with E-state index in [0.29, 0.717) is 6.42 Å². The lowest BCUT2D eigenvalue weighted by Gasteiger charge is -2.13. The third-order valence-electron chi connectivity index (χ3n) is 3.26. The van der Waals surface area contributed by atoms with Crippen LogP contribution < -0.4 is 5.73 Å². The predicted molar refractivity (Wildman–Crippen MR) is 77.9 cm³/mol. The minimum atomic E-state index is -0.420. The number of benzene rings is 2. The second kappa shape index (κ2) is 6.18. The fraction of sp³-hybridized carbons (Fsp3) is 0.250. The summed E-state index contributed by atoms with van der Waals surface area (Å²) in [5.41, 5.74) is 9.33. The molecule has 0 aliphatic carbocycles. The first kappa shape index (κ1) is 14.0. The van der Waals surface area contributed by atoms with E-state index in [2.05, 4.69) is 31.2 Å². The maximum Gasteiger partial charge on any atom is 0.142 e. The van der Waals surface area contributed by atoms with Gasteiger partial charge in [0.15, 0.2) is 0 Å². The second-order valence-corrected chi connectivity index (χ2v) is 5.06. The van der Waals surface area contributed by atoms with Gasteiger partial charge in [0.25, 0.3) is 0 Å². The van der Waals surface area contributed by atoms with E-state index in [-0.39, 0.29) is 11.1 Å². The van der Waals surface area contributed by atoms with Gasteiger partial charge in [0.2, 0.25) is 0 Å². The maximum atomic E-state index is 13.4. The van der Waals surface area contributed by atoms with Crippen molar-refractivity contribution in [3.8, 4) is 0 Å². The molecule has 0 amide bonds. The van der Waals surface area contributed by atoms with Crippen LogP contribution in [0.3, 0.4) is 0 Å². The zero-order valence-corrected chi connectivity index (χ0v) is 11.6. The summed E-state index contributed by atoms with van der Waals surface area (Å²) in [5.74, 6) is -0.420. The van der Waals surface area contributed by atoms with E-state index in [0.717, 1.165) is 17.5 Å². The van der Waals surface area contributed by atoms with Crippen LogP contribution >= 0.6 is 11.6 Å². The molecule has 2 aromatic carbocycles. The van der Waals surface area contributed by atoms with Gasteiger partial charge in [-0.1, -0.05) is 48.9 Å². The van der Waals surface area contributed by atoms with Gasteiger partial charge < -0.3 is 5.73 Å². The van der Waals surface area contributed by atoms with Gasteiger partial charge in [-0.05, 0) is 41.7 Å². The number of aryl methyl sites for hydroxylation is 1. The molecule has 1 unspecified atom stereocenters. The molecule has 1 atom stereocenters. The van der Waals surface area contributed by atoms with Gasteiger partial charge in [-0.3, -0.25) is 0 Å². The summed E-state index contributed by atoms with van der Waals surface area (Å²) < 4.78 is 13.4. The zero-order valence-electron chi connectivity index (χ0n) is 10.9. The summed E-state index contributed by atoms with van der Waals surface area (Å²) in [6, 6.07) is 12.9. The van der Waals surface area contributed by atoms with Gasteiger partial charge >= 0.3 is 0 Å². The highest BCUT2D eigenvalue weighted by molar-refractivity contribution is 6.30. The van der Waals surface area contributed by atoms with Crippen molar-refractivity contribution in [2.75, 3.05) is 0 Å². The molecule has 0 heterocycles. The predicted octanol–water partition coefficient (Wildman–Crippen LogP) is 4.28. The van der Waals surface area contributed by atoms with Gasteiger partial charge in [-0.15, -0.1) is 0 Å². The molecule has 0 fully saturated rings. The number of nitrogens with two attached hydrogens (primary N) is 1. The van der Waals surface area contributed by atoms with Gasteiger partial charge in [-0.25, -0.2) is 4.39 Å². The molecule has 100 valence electrons. The Hall–Kier alpha value is -1.38. The number of rotatable bonds is 4. The van der Waals surface area contributed by atoms with Crippen LogP contribution in [0.2, 0.25) is 5.02 Å². The fourth-order valence-electron chi connectivity index (χ4n) is 2.03. The molecule has 0 saturated carbocycles. The van der Waals surface area contributed by atoms with E-state index in [9.17, 15) is 4.39 Å². The lowest BCUT2D eigenvalue weighted by molar-refractivity contribution is 0.619. The third kappa shape index (κ3) is 3.55. The monoisotopic (exact) mass is 277 g/mol. The summed E-state index contributed by atoms with van der Waals surface area (Å²) in [6.07, 6.45) is 1.71. The molecule has 2 rings (SSSR count). The van der Waals surface area contributed by atoms with E-state index in [1.165, 1.54) is 11.6 Å². The van der Waals surface area contributed by atoms with Crippen molar-refractivity contribution in [2.24, 2.45) is 5.73 Å². The molecule has 0 aliphatic heterocycles. The van der Waals surface area contributed by atoms with Gasteiger partial charge in [-0.2, -0.15) is 0 Å². The highest BCUT2D eigenvalue weighted by atomic mass is 35.5. The Morgan fingerprint density at radius 1 is 1.11 bits per heavy atom. The van der Waals surface area contributed by atoms with Crippen molar-refractivity contribution in [3.63, 3.8) is 0 Å². The van der Waals surface area contributed by atoms with Crippen molar-refractivity contribution in [2.45, 2.75) is 25.8 Å². The molecule has 0 aromatic heterocycles. The van der Waals surface area contributed by atoms with Crippen molar-refractivity contribution in [1.82, 2.24) is 0 Å². The van der Waals surface area contributed by atoms with Crippen LogP contribution in [-0.4, -0.2) is 0 Å². The topological polar surface area (TPSA) is 26.0 Å². The highest BCUT2D eigenvalue weighted by Crippen LogP contribution is 2.21. The molecule has 2 aromatic rings. The number of halogens is 2. The lowest BCUT2D eigenvalue weighted by Crippen LogP contribution is -2.13. The van der Waals surface area contributed by atoms with E-state index < -0.39 is 5.82 Å². The first-order valence-electron chi connectivity index (χ1n) is 6.38. The molecule has 3 heteroatoms. The van der Waals surface area contributed by atoms with Crippen LogP contribution in [0.4, 0.5) is 4.39 Å². The smallest absolute Gasteiger partial charge is 0.142 e. The summed E-state index contributed by atoms with van der Waals surface area (Å²) >= 11 is 5.66. The van der Waals surface area contributed by atoms with Crippen molar-refractivity contribution in [1.29, 1.82) is 0 Å². The van der Waals surface area contributed by atoms with Crippen LogP contribution in [0.5, 0.6) is 0 Å². The van der Waals surface area contributed by atoms with E-state index in [1.807, 2.05) is 0 Å². The van der Waals surface area contributed by atoms with Crippen molar-refractivity contribution < 1.29 is 4.39 Å². The van der Waals surface area contributed by atoms with Crippen molar-refractivity contribution >= 4 is 11.6 Å². The van der Waals surface area contributed by atoms with Crippen LogP contribution in [0.25, 0.3) is 0 Å². The second-order valence-electron chi connectivity index (χ2n) is 4.65. The molecule has 0 bridgehead atoms. The molecular weight excluding hydrogens is 261 g/mol. The minimum Gasteiger partial charge on any atom is -0.324 e. The molecular formula is C16H17ClFN. The fourth-order valence-corrected chi connectivity index (χ4v) is 2.14. The standard InChI is InChI=1S/C16H17ClFN/c1-2-11-3-5-12(6-4-11)9-16(19)13-7-8-14(17)15(18)10-13/h3-8,10,16H,2,9,19H2,1H3. The van der Waals surface area contributed by atoms with Crippen molar-refractivity contribution in [3.05, 3.63) is 70.0 Å². The quantitative estimate of drug-likeness (QED) is 0.887. The summed E-state index contributed by atoms with van der Waals surface area (Å²) in [6.45, 7) is 2.12. The average molecular weight is 278 g/mol. The summed E-state index contributed by atoms with van der Waals surface area (Å²) in [4.78, 5) is 0. The van der Waals surface area contributed by atoms with E-state index in [4.69, 9.17) is 17.3 Å². The minimum absolute atomic E-state index is 0.128. The third-order valence-corrected chi connectivity index (χ3v) is 3.57. The largest absolute Gasteiger partial charge is 0.324 e. The number of hydrogen-bond acceptors (Lipinski definition) is 1. The Morgan fingerprint density at radius 2 is 1.74 bits per heavy atom. The Balaban J connectivity index is 2.10. The Labute approximate surface area is 118 Å². The van der Waals surface area contributed by atoms with Gasteiger partial charge in [0.05, 0.1) is 5.02 Å². The van der Waals surface area contributed by atoms with E-state index in [1.54, 1.807) is 12.1 Å². The molecule has 2 N–H and O–H groups in total. The summed E-state index contributed by atoms with van der Waals surface area (Å²) in [5, 5.41) is 0.128. The normalized spacial score (nSPS) is 12.4. The lowest BCUT2D eigenvalue weighted by atomic mass is 9.98. The molecule has 0 radical (unpaired) electrons. The van der Waals surface area contributed by atoms with Crippen LogP contribution in [-0.2, 0) is 12.8 Å². The maximum absolute atomic E-state index is 13.4. The molecule has 0 spiro atoms. The van der Waals surface area contributed by atoms with E-state index >= 15 is 0 Å². The SMILES string of the molecule is CCc1ccc(CC(N)c2ccc(Cl)c(F)c2)cc1. The summed E-state index contributed by atoms with van der Waals surface area (Å²) in [7, 11) is 0. The van der Waals surface area contributed by atoms with Crippen LogP contribution in [0, 0.1) is 5.82 Å². The van der Waals surface area contributed by atoms with Crippen LogP contribution in [0.1, 0.15) is 29.7 Å². The molecule has 1 nitrogen and oxygen atoms in total. The first-order chi connectivity index (χ1) is 9.10. The Bertz CT molecular complexity index is 551. The molecule has 0 aliphatic rings. The van der Waals surface area contributed by atoms with Gasteiger partial charge in [0.1, 0.15) is 5.82 Å². The van der Waals surface area contributed by atoms with Gasteiger partial charge in [0, 0.05) is 6.04 Å². The Morgan fingerprint density at radius 3 is 2.32 bits per heavy atom. The highest BCUT2D eigenvalue weighted by Gasteiger charge is 2.09. The molecule has 0 saturated heterocycles. The first-order valence-corrected chi connectivity index (χ1v) is 6.76. The van der Waals surface area contributed by atoms with Crippen LogP contribution in [0.15, 0.2) is 42.5 Å². The molecule has 19 heavy (non-hydrogen) atoms. The Kier molecular flexibility index (Phi) is 4.56.